The number of ether oxygens (including phenoxy) is 1. The van der Waals surface area contributed by atoms with Gasteiger partial charge in [0.2, 0.25) is 0 Å². The van der Waals surface area contributed by atoms with Crippen molar-refractivity contribution < 1.29 is 13.2 Å². The van der Waals surface area contributed by atoms with E-state index in [2.05, 4.69) is 6.07 Å². The summed E-state index contributed by atoms with van der Waals surface area (Å²) in [5.41, 5.74) is 2.22. The van der Waals surface area contributed by atoms with Gasteiger partial charge < -0.3 is 4.74 Å². The van der Waals surface area contributed by atoms with Gasteiger partial charge in [0.1, 0.15) is 0 Å². The highest BCUT2D eigenvalue weighted by atomic mass is 32.2. The molecule has 1 aliphatic rings. The molecule has 0 amide bonds. The van der Waals surface area contributed by atoms with Crippen LogP contribution in [0.1, 0.15) is 49.5 Å². The molecule has 0 heterocycles. The molecule has 1 atom stereocenters. The molecule has 1 aromatic rings. The fourth-order valence-electron chi connectivity index (χ4n) is 2.80. The Morgan fingerprint density at radius 1 is 1.30 bits per heavy atom. The maximum atomic E-state index is 12.5. The summed E-state index contributed by atoms with van der Waals surface area (Å²) in [5.74, 6) is 0.221. The Balaban J connectivity index is 2.03. The standard InChI is InChI=1S/C16H24O3S/c1-13(2)19-11-6-12-20(17,18)16-10-5-8-14-7-3-4-9-15(14)16/h3-4,7,9,13,16H,5-6,8,10-12H2,1-2H3. The number of rotatable bonds is 6. The molecule has 0 N–H and O–H groups in total. The van der Waals surface area contributed by atoms with Crippen LogP contribution in [0.15, 0.2) is 24.3 Å². The molecule has 1 unspecified atom stereocenters. The van der Waals surface area contributed by atoms with Crippen LogP contribution in [-0.4, -0.2) is 26.9 Å². The van der Waals surface area contributed by atoms with E-state index in [4.69, 9.17) is 4.74 Å². The van der Waals surface area contributed by atoms with Crippen molar-refractivity contribution in [1.82, 2.24) is 0 Å². The summed E-state index contributed by atoms with van der Waals surface area (Å²) in [5, 5.41) is -0.313. The van der Waals surface area contributed by atoms with E-state index < -0.39 is 9.84 Å². The van der Waals surface area contributed by atoms with Gasteiger partial charge in [-0.2, -0.15) is 0 Å². The number of fused-ring (bicyclic) bond motifs is 1. The van der Waals surface area contributed by atoms with Gasteiger partial charge in [-0.3, -0.25) is 0 Å². The van der Waals surface area contributed by atoms with E-state index in [1.54, 1.807) is 0 Å². The smallest absolute Gasteiger partial charge is 0.157 e. The zero-order chi connectivity index (χ0) is 14.6. The van der Waals surface area contributed by atoms with Crippen LogP contribution >= 0.6 is 0 Å². The van der Waals surface area contributed by atoms with Crippen molar-refractivity contribution in [1.29, 1.82) is 0 Å². The van der Waals surface area contributed by atoms with E-state index in [0.717, 1.165) is 24.8 Å². The van der Waals surface area contributed by atoms with Crippen LogP contribution in [0.2, 0.25) is 0 Å². The molecular weight excluding hydrogens is 272 g/mol. The molecule has 1 aromatic carbocycles. The van der Waals surface area contributed by atoms with E-state index in [-0.39, 0.29) is 17.1 Å². The van der Waals surface area contributed by atoms with Gasteiger partial charge in [-0.05, 0) is 50.7 Å². The molecule has 2 rings (SSSR count). The molecular formula is C16H24O3S. The molecule has 0 bridgehead atoms. The predicted molar refractivity (Wildman–Crippen MR) is 81.6 cm³/mol. The number of aryl methyl sites for hydroxylation is 1. The summed E-state index contributed by atoms with van der Waals surface area (Å²) in [4.78, 5) is 0. The molecule has 4 heteroatoms. The Hall–Kier alpha value is -0.870. The Morgan fingerprint density at radius 3 is 2.80 bits per heavy atom. The fraction of sp³-hybridized carbons (Fsp3) is 0.625. The molecule has 1 aliphatic carbocycles. The summed E-state index contributed by atoms with van der Waals surface area (Å²) in [6.45, 7) is 4.45. The second kappa shape index (κ2) is 6.72. The maximum Gasteiger partial charge on any atom is 0.157 e. The average molecular weight is 296 g/mol. The predicted octanol–water partition coefficient (Wildman–Crippen LogP) is 3.29. The first-order valence-corrected chi connectivity index (χ1v) is 9.13. The third-order valence-corrected chi connectivity index (χ3v) is 5.99. The lowest BCUT2D eigenvalue weighted by Crippen LogP contribution is -2.22. The van der Waals surface area contributed by atoms with E-state index in [1.165, 1.54) is 5.56 Å². The Labute approximate surface area is 122 Å². The molecule has 0 saturated heterocycles. The summed E-state index contributed by atoms with van der Waals surface area (Å²) >= 11 is 0. The van der Waals surface area contributed by atoms with Gasteiger partial charge in [-0.1, -0.05) is 24.3 Å². The molecule has 20 heavy (non-hydrogen) atoms. The minimum Gasteiger partial charge on any atom is -0.379 e. The second-order valence-corrected chi connectivity index (χ2v) is 8.02. The number of hydrogen-bond acceptors (Lipinski definition) is 3. The summed E-state index contributed by atoms with van der Waals surface area (Å²) in [6, 6.07) is 7.96. The molecule has 0 radical (unpaired) electrons. The van der Waals surface area contributed by atoms with E-state index in [0.29, 0.717) is 13.0 Å². The minimum absolute atomic E-state index is 0.160. The number of hydrogen-bond donors (Lipinski definition) is 0. The highest BCUT2D eigenvalue weighted by Gasteiger charge is 2.30. The number of benzene rings is 1. The van der Waals surface area contributed by atoms with Gasteiger partial charge in [0.15, 0.2) is 9.84 Å². The van der Waals surface area contributed by atoms with E-state index in [9.17, 15) is 8.42 Å². The van der Waals surface area contributed by atoms with Crippen molar-refractivity contribution in [3.63, 3.8) is 0 Å². The SMILES string of the molecule is CC(C)OCCCS(=O)(=O)C1CCCc2ccccc21. The van der Waals surface area contributed by atoms with Crippen molar-refractivity contribution in [2.24, 2.45) is 0 Å². The van der Waals surface area contributed by atoms with Crippen LogP contribution in [0.4, 0.5) is 0 Å². The minimum atomic E-state index is -3.07. The van der Waals surface area contributed by atoms with Crippen LogP contribution in [0.3, 0.4) is 0 Å². The van der Waals surface area contributed by atoms with Gasteiger partial charge in [0.05, 0.1) is 17.1 Å². The van der Waals surface area contributed by atoms with Gasteiger partial charge in [0, 0.05) is 6.61 Å². The van der Waals surface area contributed by atoms with Crippen LogP contribution in [0.5, 0.6) is 0 Å². The highest BCUT2D eigenvalue weighted by molar-refractivity contribution is 7.91. The lowest BCUT2D eigenvalue weighted by molar-refractivity contribution is 0.0797. The zero-order valence-electron chi connectivity index (χ0n) is 12.3. The van der Waals surface area contributed by atoms with Gasteiger partial charge in [-0.25, -0.2) is 8.42 Å². The third-order valence-electron chi connectivity index (χ3n) is 3.77. The quantitative estimate of drug-likeness (QED) is 0.757. The Bertz CT molecular complexity index is 534. The lowest BCUT2D eigenvalue weighted by Gasteiger charge is -2.25. The third kappa shape index (κ3) is 3.83. The highest BCUT2D eigenvalue weighted by Crippen LogP contribution is 2.36. The van der Waals surface area contributed by atoms with E-state index in [1.807, 2.05) is 32.0 Å². The second-order valence-electron chi connectivity index (χ2n) is 5.72. The molecule has 3 nitrogen and oxygen atoms in total. The molecule has 0 spiro atoms. The van der Waals surface area contributed by atoms with Crippen LogP contribution in [0.25, 0.3) is 0 Å². The Kier molecular flexibility index (Phi) is 5.22. The van der Waals surface area contributed by atoms with Crippen molar-refractivity contribution in [2.45, 2.75) is 50.9 Å². The average Bonchev–Trinajstić information content (AvgIpc) is 2.43. The first-order valence-electron chi connectivity index (χ1n) is 7.41. The monoisotopic (exact) mass is 296 g/mol. The fourth-order valence-corrected chi connectivity index (χ4v) is 4.75. The summed E-state index contributed by atoms with van der Waals surface area (Å²) in [7, 11) is -3.07. The van der Waals surface area contributed by atoms with Crippen molar-refractivity contribution in [3.05, 3.63) is 35.4 Å². The van der Waals surface area contributed by atoms with Crippen LogP contribution in [0, 0.1) is 0 Å². The van der Waals surface area contributed by atoms with E-state index >= 15 is 0 Å². The normalized spacial score (nSPS) is 19.1. The van der Waals surface area contributed by atoms with Crippen molar-refractivity contribution in [3.8, 4) is 0 Å². The molecule has 112 valence electrons. The number of sulfone groups is 1. The van der Waals surface area contributed by atoms with Crippen LogP contribution < -0.4 is 0 Å². The van der Waals surface area contributed by atoms with Crippen molar-refractivity contribution >= 4 is 9.84 Å². The molecule has 0 aromatic heterocycles. The maximum absolute atomic E-state index is 12.5. The van der Waals surface area contributed by atoms with Gasteiger partial charge in [-0.15, -0.1) is 0 Å². The van der Waals surface area contributed by atoms with Gasteiger partial charge in [0.25, 0.3) is 0 Å². The lowest BCUT2D eigenvalue weighted by atomic mass is 9.91. The Morgan fingerprint density at radius 2 is 2.05 bits per heavy atom. The summed E-state index contributed by atoms with van der Waals surface area (Å²) in [6.07, 6.45) is 3.46. The molecule has 0 aliphatic heterocycles. The summed E-state index contributed by atoms with van der Waals surface area (Å²) < 4.78 is 30.5. The van der Waals surface area contributed by atoms with Crippen LogP contribution in [-0.2, 0) is 21.0 Å². The first-order chi connectivity index (χ1) is 9.50. The zero-order valence-corrected chi connectivity index (χ0v) is 13.2. The largest absolute Gasteiger partial charge is 0.379 e. The topological polar surface area (TPSA) is 43.4 Å². The first kappa shape index (κ1) is 15.5. The van der Waals surface area contributed by atoms with Gasteiger partial charge >= 0.3 is 0 Å². The molecule has 0 fully saturated rings. The molecule has 0 saturated carbocycles. The van der Waals surface area contributed by atoms with Crippen molar-refractivity contribution in [2.75, 3.05) is 12.4 Å².